The predicted molar refractivity (Wildman–Crippen MR) is 70.0 cm³/mol. The van der Waals surface area contributed by atoms with Gasteiger partial charge in [-0.25, -0.2) is 4.39 Å². The van der Waals surface area contributed by atoms with E-state index in [9.17, 15) is 9.18 Å². The summed E-state index contributed by atoms with van der Waals surface area (Å²) in [5.41, 5.74) is 7.17. The Morgan fingerprint density at radius 3 is 2.78 bits per heavy atom. The van der Waals surface area contributed by atoms with Gasteiger partial charge in [-0.3, -0.25) is 4.79 Å². The summed E-state index contributed by atoms with van der Waals surface area (Å²) >= 11 is 0. The first-order chi connectivity index (χ1) is 8.59. The molecule has 2 rings (SSSR count). The summed E-state index contributed by atoms with van der Waals surface area (Å²) in [7, 11) is 0. The normalized spacial score (nSPS) is 24.6. The second-order valence-corrected chi connectivity index (χ2v) is 5.26. The average molecular weight is 249 g/mol. The van der Waals surface area contributed by atoms with Crippen LogP contribution in [0.25, 0.3) is 0 Å². The van der Waals surface area contributed by atoms with Gasteiger partial charge in [0.15, 0.2) is 5.78 Å². The summed E-state index contributed by atoms with van der Waals surface area (Å²) in [6, 6.07) is 4.55. The summed E-state index contributed by atoms with van der Waals surface area (Å²) < 4.78 is 13.7. The van der Waals surface area contributed by atoms with Gasteiger partial charge in [-0.05, 0) is 31.9 Å². The number of Topliss-reactive ketones (excluding diaryl/α,β-unsaturated/α-hetero) is 1. The molecule has 2 unspecified atom stereocenters. The lowest BCUT2D eigenvalue weighted by Gasteiger charge is -2.20. The van der Waals surface area contributed by atoms with Crippen LogP contribution < -0.4 is 5.73 Å². The number of rotatable bonds is 2. The second-order valence-electron chi connectivity index (χ2n) is 5.26. The molecule has 3 heteroatoms. The minimum absolute atomic E-state index is 0.120. The number of ketones is 1. The number of halogens is 1. The summed E-state index contributed by atoms with van der Waals surface area (Å²) in [5.74, 6) is -0.767. The molecule has 2 N–H and O–H groups in total. The van der Waals surface area contributed by atoms with Crippen LogP contribution in [0.2, 0.25) is 0 Å². The van der Waals surface area contributed by atoms with Crippen LogP contribution in [0.15, 0.2) is 18.2 Å². The fourth-order valence-corrected chi connectivity index (χ4v) is 2.69. The molecular weight excluding hydrogens is 229 g/mol. The maximum Gasteiger partial charge on any atom is 0.170 e. The van der Waals surface area contributed by atoms with E-state index in [1.54, 1.807) is 12.1 Å². The zero-order valence-corrected chi connectivity index (χ0v) is 10.8. The minimum atomic E-state index is -0.429. The summed E-state index contributed by atoms with van der Waals surface area (Å²) in [6.45, 7) is 1.86. The molecule has 1 aliphatic carbocycles. The smallest absolute Gasteiger partial charge is 0.170 e. The molecule has 1 fully saturated rings. The fraction of sp³-hybridized carbons (Fsp3) is 0.533. The van der Waals surface area contributed by atoms with E-state index in [1.165, 1.54) is 6.07 Å². The van der Waals surface area contributed by atoms with Gasteiger partial charge in [0.05, 0.1) is 5.56 Å². The first-order valence-electron chi connectivity index (χ1n) is 6.65. The molecule has 0 saturated heterocycles. The van der Waals surface area contributed by atoms with Crippen LogP contribution in [0, 0.1) is 18.7 Å². The summed E-state index contributed by atoms with van der Waals surface area (Å²) in [4.78, 5) is 12.4. The van der Waals surface area contributed by atoms with E-state index in [1.807, 2.05) is 6.92 Å². The molecule has 1 saturated carbocycles. The van der Waals surface area contributed by atoms with E-state index >= 15 is 0 Å². The van der Waals surface area contributed by atoms with E-state index in [0.717, 1.165) is 37.7 Å². The van der Waals surface area contributed by atoms with Crippen LogP contribution >= 0.6 is 0 Å². The van der Waals surface area contributed by atoms with Crippen LogP contribution in [0.1, 0.15) is 48.0 Å². The van der Waals surface area contributed by atoms with Crippen molar-refractivity contribution in [3.05, 3.63) is 35.1 Å². The number of carbonyl (C=O) groups excluding carboxylic acids is 1. The van der Waals surface area contributed by atoms with Crippen molar-refractivity contribution in [2.24, 2.45) is 11.7 Å². The monoisotopic (exact) mass is 249 g/mol. The highest BCUT2D eigenvalue weighted by atomic mass is 19.1. The van der Waals surface area contributed by atoms with Crippen molar-refractivity contribution in [3.8, 4) is 0 Å². The van der Waals surface area contributed by atoms with Gasteiger partial charge in [-0.1, -0.05) is 30.9 Å². The Morgan fingerprint density at radius 1 is 1.28 bits per heavy atom. The summed E-state index contributed by atoms with van der Waals surface area (Å²) in [5, 5.41) is 0. The first kappa shape index (κ1) is 13.2. The molecule has 0 radical (unpaired) electrons. The highest BCUT2D eigenvalue weighted by molar-refractivity contribution is 5.98. The Bertz CT molecular complexity index is 444. The van der Waals surface area contributed by atoms with Gasteiger partial charge >= 0.3 is 0 Å². The number of hydrogen-bond donors (Lipinski definition) is 1. The van der Waals surface area contributed by atoms with Crippen molar-refractivity contribution in [1.29, 1.82) is 0 Å². The second kappa shape index (κ2) is 5.61. The van der Waals surface area contributed by atoms with Crippen molar-refractivity contribution >= 4 is 5.78 Å². The molecule has 2 atom stereocenters. The zero-order valence-electron chi connectivity index (χ0n) is 10.8. The molecule has 98 valence electrons. The highest BCUT2D eigenvalue weighted by Gasteiger charge is 2.29. The molecule has 0 aromatic heterocycles. The quantitative estimate of drug-likeness (QED) is 0.646. The molecule has 1 aromatic carbocycles. The Labute approximate surface area is 107 Å². The van der Waals surface area contributed by atoms with Crippen molar-refractivity contribution in [2.45, 2.75) is 45.1 Å². The molecule has 0 amide bonds. The SMILES string of the molecule is Cc1ccc(F)c(C(=O)C2CCCCCC2N)c1. The van der Waals surface area contributed by atoms with E-state index in [0.29, 0.717) is 0 Å². The van der Waals surface area contributed by atoms with Gasteiger partial charge in [0.1, 0.15) is 5.82 Å². The summed E-state index contributed by atoms with van der Waals surface area (Å²) in [6.07, 6.45) is 4.85. The van der Waals surface area contributed by atoms with Gasteiger partial charge < -0.3 is 5.73 Å². The lowest BCUT2D eigenvalue weighted by Crippen LogP contribution is -2.35. The fourth-order valence-electron chi connectivity index (χ4n) is 2.69. The van der Waals surface area contributed by atoms with Crippen LogP contribution in [0.3, 0.4) is 0 Å². The third-order valence-electron chi connectivity index (χ3n) is 3.79. The van der Waals surface area contributed by atoms with E-state index in [2.05, 4.69) is 0 Å². The third-order valence-corrected chi connectivity index (χ3v) is 3.79. The highest BCUT2D eigenvalue weighted by Crippen LogP contribution is 2.26. The number of carbonyl (C=O) groups is 1. The Hall–Kier alpha value is -1.22. The van der Waals surface area contributed by atoms with Gasteiger partial charge in [-0.2, -0.15) is 0 Å². The van der Waals surface area contributed by atoms with Gasteiger partial charge in [0.2, 0.25) is 0 Å². The van der Waals surface area contributed by atoms with Gasteiger partial charge in [0.25, 0.3) is 0 Å². The van der Waals surface area contributed by atoms with Crippen molar-refractivity contribution in [1.82, 2.24) is 0 Å². The van der Waals surface area contributed by atoms with Crippen LogP contribution in [-0.2, 0) is 0 Å². The average Bonchev–Trinajstić information content (AvgIpc) is 2.56. The molecule has 0 aliphatic heterocycles. The number of aryl methyl sites for hydroxylation is 1. The Kier molecular flexibility index (Phi) is 4.12. The van der Waals surface area contributed by atoms with E-state index < -0.39 is 5.82 Å². The standard InChI is InChI=1S/C15H20FNO/c1-10-7-8-13(16)12(9-10)15(18)11-5-3-2-4-6-14(11)17/h7-9,11,14H,2-6,17H2,1H3. The Balaban J connectivity index is 2.26. The zero-order chi connectivity index (χ0) is 13.1. The van der Waals surface area contributed by atoms with E-state index in [4.69, 9.17) is 5.73 Å². The maximum absolute atomic E-state index is 13.7. The number of nitrogens with two attached hydrogens (primary N) is 1. The number of hydrogen-bond acceptors (Lipinski definition) is 2. The largest absolute Gasteiger partial charge is 0.327 e. The molecule has 0 bridgehead atoms. The Morgan fingerprint density at radius 2 is 2.00 bits per heavy atom. The molecule has 2 nitrogen and oxygen atoms in total. The van der Waals surface area contributed by atoms with Crippen molar-refractivity contribution in [2.75, 3.05) is 0 Å². The molecule has 1 aromatic rings. The number of benzene rings is 1. The molecular formula is C15H20FNO. The van der Waals surface area contributed by atoms with Crippen LogP contribution in [0.4, 0.5) is 4.39 Å². The van der Waals surface area contributed by atoms with Crippen LogP contribution in [0.5, 0.6) is 0 Å². The molecule has 0 spiro atoms. The molecule has 18 heavy (non-hydrogen) atoms. The maximum atomic E-state index is 13.7. The lowest BCUT2D eigenvalue weighted by atomic mass is 9.87. The van der Waals surface area contributed by atoms with Crippen molar-refractivity contribution in [3.63, 3.8) is 0 Å². The van der Waals surface area contributed by atoms with Crippen molar-refractivity contribution < 1.29 is 9.18 Å². The van der Waals surface area contributed by atoms with Crippen LogP contribution in [-0.4, -0.2) is 11.8 Å². The first-order valence-corrected chi connectivity index (χ1v) is 6.65. The molecule has 1 aliphatic rings. The third kappa shape index (κ3) is 2.78. The lowest BCUT2D eigenvalue weighted by molar-refractivity contribution is 0.0890. The van der Waals surface area contributed by atoms with E-state index in [-0.39, 0.29) is 23.3 Å². The molecule has 0 heterocycles. The van der Waals surface area contributed by atoms with Gasteiger partial charge in [0, 0.05) is 12.0 Å². The predicted octanol–water partition coefficient (Wildman–Crippen LogP) is 3.22. The minimum Gasteiger partial charge on any atom is -0.327 e. The van der Waals surface area contributed by atoms with Gasteiger partial charge in [-0.15, -0.1) is 0 Å². The topological polar surface area (TPSA) is 43.1 Å².